The molecule has 0 aromatic rings. The maximum atomic E-state index is 10.2. The fourth-order valence-electron chi connectivity index (χ4n) is 2.57. The Kier molecular flexibility index (Phi) is 3.62. The van der Waals surface area contributed by atoms with E-state index in [0.29, 0.717) is 0 Å². The molecule has 0 heterocycles. The maximum Gasteiger partial charge on any atom is 0.0718 e. The predicted octanol–water partition coefficient (Wildman–Crippen LogP) is 2.50. The van der Waals surface area contributed by atoms with Crippen LogP contribution in [0.5, 0.6) is 0 Å². The summed E-state index contributed by atoms with van der Waals surface area (Å²) in [5.74, 6) is 0.145. The summed E-state index contributed by atoms with van der Waals surface area (Å²) in [5, 5.41) is 19.7. The van der Waals surface area contributed by atoms with Crippen molar-refractivity contribution in [1.82, 2.24) is 0 Å². The highest BCUT2D eigenvalue weighted by atomic mass is 16.3. The molecule has 0 aromatic heterocycles. The number of rotatable bonds is 3. The average Bonchev–Trinajstić information content (AvgIpc) is 2.34. The van der Waals surface area contributed by atoms with Crippen LogP contribution in [-0.4, -0.2) is 21.9 Å². The maximum absolute atomic E-state index is 10.2. The topological polar surface area (TPSA) is 40.5 Å². The monoisotopic (exact) mass is 212 g/mol. The standard InChI is InChI=1S/C13H24O2/c1-5-10(14)6-7-11-12(2,3)8-9-13(11,4)15/h6-7,10-11,14-15H,5,8-9H2,1-4H3/b7-6+. The summed E-state index contributed by atoms with van der Waals surface area (Å²) in [6, 6.07) is 0. The number of hydrogen-bond acceptors (Lipinski definition) is 2. The molecule has 2 nitrogen and oxygen atoms in total. The molecule has 1 aliphatic rings. The minimum atomic E-state index is -0.618. The molecule has 1 saturated carbocycles. The first-order valence-corrected chi connectivity index (χ1v) is 5.88. The molecule has 0 bridgehead atoms. The van der Waals surface area contributed by atoms with E-state index in [2.05, 4.69) is 13.8 Å². The third-order valence-corrected chi connectivity index (χ3v) is 3.73. The van der Waals surface area contributed by atoms with Gasteiger partial charge in [0, 0.05) is 5.92 Å². The second-order valence-corrected chi connectivity index (χ2v) is 5.68. The van der Waals surface area contributed by atoms with Gasteiger partial charge in [-0.05, 0) is 31.6 Å². The van der Waals surface area contributed by atoms with Crippen LogP contribution in [0.1, 0.15) is 47.0 Å². The number of aliphatic hydroxyl groups excluding tert-OH is 1. The Morgan fingerprint density at radius 1 is 1.33 bits per heavy atom. The summed E-state index contributed by atoms with van der Waals surface area (Å²) in [6.45, 7) is 8.21. The lowest BCUT2D eigenvalue weighted by Gasteiger charge is -2.31. The highest BCUT2D eigenvalue weighted by Gasteiger charge is 2.47. The summed E-state index contributed by atoms with van der Waals surface area (Å²) in [7, 11) is 0. The molecule has 3 unspecified atom stereocenters. The smallest absolute Gasteiger partial charge is 0.0718 e. The van der Waals surface area contributed by atoms with E-state index in [4.69, 9.17) is 0 Å². The summed E-state index contributed by atoms with van der Waals surface area (Å²) in [6.07, 6.45) is 6.06. The van der Waals surface area contributed by atoms with Gasteiger partial charge in [-0.1, -0.05) is 32.9 Å². The van der Waals surface area contributed by atoms with Crippen LogP contribution in [0.4, 0.5) is 0 Å². The summed E-state index contributed by atoms with van der Waals surface area (Å²) >= 11 is 0. The lowest BCUT2D eigenvalue weighted by molar-refractivity contribution is 0.0184. The van der Waals surface area contributed by atoms with E-state index in [9.17, 15) is 10.2 Å². The molecular formula is C13H24O2. The van der Waals surface area contributed by atoms with Crippen molar-refractivity contribution in [1.29, 1.82) is 0 Å². The van der Waals surface area contributed by atoms with E-state index in [1.165, 1.54) is 0 Å². The normalized spacial score (nSPS) is 37.3. The Labute approximate surface area is 93.0 Å². The van der Waals surface area contributed by atoms with Crippen LogP contribution in [-0.2, 0) is 0 Å². The van der Waals surface area contributed by atoms with Gasteiger partial charge in [0.15, 0.2) is 0 Å². The van der Waals surface area contributed by atoms with Crippen molar-refractivity contribution in [2.24, 2.45) is 11.3 Å². The van der Waals surface area contributed by atoms with Gasteiger partial charge in [-0.25, -0.2) is 0 Å². The third kappa shape index (κ3) is 2.82. The van der Waals surface area contributed by atoms with Crippen LogP contribution in [0.25, 0.3) is 0 Å². The van der Waals surface area contributed by atoms with Gasteiger partial charge in [0.1, 0.15) is 0 Å². The molecule has 2 N–H and O–H groups in total. The first-order chi connectivity index (χ1) is 6.79. The fraction of sp³-hybridized carbons (Fsp3) is 0.846. The van der Waals surface area contributed by atoms with E-state index in [1.54, 1.807) is 0 Å². The molecule has 0 saturated heterocycles. The van der Waals surface area contributed by atoms with Gasteiger partial charge in [-0.3, -0.25) is 0 Å². The van der Waals surface area contributed by atoms with Crippen LogP contribution in [0.2, 0.25) is 0 Å². The highest BCUT2D eigenvalue weighted by Crippen LogP contribution is 2.49. The van der Waals surface area contributed by atoms with Crippen LogP contribution < -0.4 is 0 Å². The van der Waals surface area contributed by atoms with Crippen LogP contribution in [0.15, 0.2) is 12.2 Å². The van der Waals surface area contributed by atoms with Crippen molar-refractivity contribution in [2.45, 2.75) is 58.7 Å². The first kappa shape index (κ1) is 12.7. The highest BCUT2D eigenvalue weighted by molar-refractivity contribution is 5.09. The van der Waals surface area contributed by atoms with Crippen molar-refractivity contribution < 1.29 is 10.2 Å². The van der Waals surface area contributed by atoms with Gasteiger partial charge in [-0.2, -0.15) is 0 Å². The Hall–Kier alpha value is -0.340. The van der Waals surface area contributed by atoms with E-state index in [1.807, 2.05) is 26.0 Å². The molecule has 1 aliphatic carbocycles. The van der Waals surface area contributed by atoms with Crippen molar-refractivity contribution in [3.63, 3.8) is 0 Å². The summed E-state index contributed by atoms with van der Waals surface area (Å²) in [4.78, 5) is 0. The SMILES string of the molecule is CCC(O)/C=C/C1C(C)(C)CCC1(C)O. The van der Waals surface area contributed by atoms with E-state index < -0.39 is 5.60 Å². The van der Waals surface area contributed by atoms with Crippen molar-refractivity contribution in [3.05, 3.63) is 12.2 Å². The van der Waals surface area contributed by atoms with Gasteiger partial charge in [0.05, 0.1) is 11.7 Å². The predicted molar refractivity (Wildman–Crippen MR) is 62.6 cm³/mol. The Balaban J connectivity index is 2.77. The second kappa shape index (κ2) is 4.26. The average molecular weight is 212 g/mol. The third-order valence-electron chi connectivity index (χ3n) is 3.73. The summed E-state index contributed by atoms with van der Waals surface area (Å²) < 4.78 is 0. The molecule has 0 amide bonds. The van der Waals surface area contributed by atoms with Gasteiger partial charge >= 0.3 is 0 Å². The molecule has 0 aliphatic heterocycles. The zero-order valence-electron chi connectivity index (χ0n) is 10.3. The van der Waals surface area contributed by atoms with Gasteiger partial charge in [-0.15, -0.1) is 0 Å². The van der Waals surface area contributed by atoms with Crippen LogP contribution >= 0.6 is 0 Å². The Bertz CT molecular complexity index is 225. The molecule has 2 heteroatoms. The van der Waals surface area contributed by atoms with Crippen molar-refractivity contribution >= 4 is 0 Å². The zero-order chi connectivity index (χ0) is 11.7. The van der Waals surface area contributed by atoms with E-state index in [0.717, 1.165) is 19.3 Å². The van der Waals surface area contributed by atoms with Gasteiger partial charge in [0.25, 0.3) is 0 Å². The van der Waals surface area contributed by atoms with Crippen LogP contribution in [0.3, 0.4) is 0 Å². The number of aliphatic hydroxyl groups is 2. The fourth-order valence-corrected chi connectivity index (χ4v) is 2.57. The van der Waals surface area contributed by atoms with E-state index >= 15 is 0 Å². The lowest BCUT2D eigenvalue weighted by atomic mass is 9.77. The molecule has 3 atom stereocenters. The molecule has 1 rings (SSSR count). The molecule has 0 spiro atoms. The molecule has 0 radical (unpaired) electrons. The zero-order valence-corrected chi connectivity index (χ0v) is 10.3. The first-order valence-electron chi connectivity index (χ1n) is 5.88. The lowest BCUT2D eigenvalue weighted by Crippen LogP contribution is -2.33. The molecule has 88 valence electrons. The molecule has 15 heavy (non-hydrogen) atoms. The van der Waals surface area contributed by atoms with E-state index in [-0.39, 0.29) is 17.4 Å². The quantitative estimate of drug-likeness (QED) is 0.706. The van der Waals surface area contributed by atoms with Gasteiger partial charge in [0.2, 0.25) is 0 Å². The van der Waals surface area contributed by atoms with Gasteiger partial charge < -0.3 is 10.2 Å². The molecular weight excluding hydrogens is 188 g/mol. The summed E-state index contributed by atoms with van der Waals surface area (Å²) in [5.41, 5.74) is -0.485. The largest absolute Gasteiger partial charge is 0.390 e. The second-order valence-electron chi connectivity index (χ2n) is 5.68. The molecule has 1 fully saturated rings. The Morgan fingerprint density at radius 3 is 2.33 bits per heavy atom. The number of hydrogen-bond donors (Lipinski definition) is 2. The van der Waals surface area contributed by atoms with Crippen LogP contribution in [0, 0.1) is 11.3 Å². The van der Waals surface area contributed by atoms with Crippen molar-refractivity contribution in [3.8, 4) is 0 Å². The minimum absolute atomic E-state index is 0.132. The Morgan fingerprint density at radius 2 is 1.93 bits per heavy atom. The van der Waals surface area contributed by atoms with Crippen molar-refractivity contribution in [2.75, 3.05) is 0 Å². The molecule has 0 aromatic carbocycles. The minimum Gasteiger partial charge on any atom is -0.390 e.